The van der Waals surface area contributed by atoms with Crippen molar-refractivity contribution in [3.05, 3.63) is 0 Å². The van der Waals surface area contributed by atoms with Gasteiger partial charge < -0.3 is 0 Å². The average Bonchev–Trinajstić information content (AvgIpc) is 2.39. The summed E-state index contributed by atoms with van der Waals surface area (Å²) in [6, 6.07) is 0. The van der Waals surface area contributed by atoms with E-state index < -0.39 is 0 Å². The monoisotopic (exact) mass is 399 g/mol. The van der Waals surface area contributed by atoms with Gasteiger partial charge in [-0.15, -0.1) is 0 Å². The number of alkyl carbamates (subject to hydrolysis) is 1. The molecule has 0 fully saturated rings. The Labute approximate surface area is 133 Å². The molecule has 5 nitrogen and oxygen atoms in total. The smallest absolute Gasteiger partial charge is 0.0595 e. The molecule has 20 heavy (non-hydrogen) atoms. The summed E-state index contributed by atoms with van der Waals surface area (Å²) in [5, 5.41) is 2.74. The number of halogens is 1. The summed E-state index contributed by atoms with van der Waals surface area (Å²) in [6.45, 7) is 5.15. The molecule has 2 N–H and O–H groups in total. The molecule has 120 valence electrons. The van der Waals surface area contributed by atoms with Gasteiger partial charge in [0.2, 0.25) is 0 Å². The number of alkyl halides is 1. The van der Waals surface area contributed by atoms with Crippen molar-refractivity contribution in [1.82, 2.24) is 8.85 Å². The zero-order valence-electron chi connectivity index (χ0n) is 12.8. The van der Waals surface area contributed by atoms with Crippen LogP contribution in [0.25, 0.3) is 0 Å². The molecule has 0 spiro atoms. The van der Waals surface area contributed by atoms with Gasteiger partial charge in [0.1, 0.15) is 0 Å². The molecule has 0 saturated carbocycles. The first kappa shape index (κ1) is 19.5. The van der Waals surface area contributed by atoms with Crippen LogP contribution in [0.3, 0.4) is 0 Å². The quantitative estimate of drug-likeness (QED) is 0.212. The molecule has 6 heteroatoms. The summed E-state index contributed by atoms with van der Waals surface area (Å²) in [6.07, 6.45) is 5.51. The zero-order chi connectivity index (χ0) is 15.2. The van der Waals surface area contributed by atoms with Gasteiger partial charge >= 0.3 is 107 Å². The van der Waals surface area contributed by atoms with E-state index in [4.69, 9.17) is 4.74 Å². The Morgan fingerprint density at radius 3 is 2.40 bits per heavy atom. The van der Waals surface area contributed by atoms with Crippen LogP contribution in [0.4, 0.5) is 4.79 Å². The standard InChI is InChI=1S/C14H28IN2O3/c1-12(2)11-20-14(19)16-10-8-6-4-5-7-9-13(18)17-15-3/h12H,4-11H2,1-3H3,(H,16,19)(H,17,18)/q-1. The third-order valence-corrected chi connectivity index (χ3v) is 3.74. The summed E-state index contributed by atoms with van der Waals surface area (Å²) < 4.78 is 7.90. The Bertz CT molecular complexity index is 273. The number of carbonyl (C=O) groups is 2. The van der Waals surface area contributed by atoms with Crippen molar-refractivity contribution in [2.24, 2.45) is 5.92 Å². The van der Waals surface area contributed by atoms with E-state index in [-0.39, 0.29) is 33.5 Å². The minimum Gasteiger partial charge on any atom is -0.0595 e. The summed E-state index contributed by atoms with van der Waals surface area (Å²) in [5.74, 6) is 0.558. The van der Waals surface area contributed by atoms with Gasteiger partial charge in [0, 0.05) is 0 Å². The number of hydrogen-bond acceptors (Lipinski definition) is 3. The second kappa shape index (κ2) is 13.5. The van der Waals surface area contributed by atoms with Crippen LogP contribution in [0.15, 0.2) is 0 Å². The third-order valence-electron chi connectivity index (χ3n) is 2.60. The summed E-state index contributed by atoms with van der Waals surface area (Å²) in [5.41, 5.74) is 0. The Morgan fingerprint density at radius 2 is 1.75 bits per heavy atom. The SMILES string of the molecule is C[I-]NC(=O)CCCCCCCNC(=O)OCC(C)C. The van der Waals surface area contributed by atoms with E-state index >= 15 is 0 Å². The molecule has 0 aliphatic carbocycles. The first-order chi connectivity index (χ1) is 9.56. The molecule has 0 heterocycles. The van der Waals surface area contributed by atoms with Crippen molar-refractivity contribution in [2.45, 2.75) is 52.4 Å². The molecule has 0 bridgehead atoms. The van der Waals surface area contributed by atoms with Crippen LogP contribution >= 0.6 is 0 Å². The number of nitrogens with one attached hydrogen (secondary N) is 2. The number of carbonyl (C=O) groups excluding carboxylic acids is 2. The number of hydrogen-bond donors (Lipinski definition) is 2. The Morgan fingerprint density at radius 1 is 1.10 bits per heavy atom. The topological polar surface area (TPSA) is 67.4 Å². The number of rotatable bonds is 11. The van der Waals surface area contributed by atoms with Crippen molar-refractivity contribution >= 4 is 12.0 Å². The van der Waals surface area contributed by atoms with Crippen LogP contribution in [0.1, 0.15) is 52.4 Å². The zero-order valence-corrected chi connectivity index (χ0v) is 15.0. The number of ether oxygens (including phenoxy) is 1. The van der Waals surface area contributed by atoms with Gasteiger partial charge in [0.05, 0.1) is 6.61 Å². The molecule has 2 amide bonds. The third kappa shape index (κ3) is 13.9. The van der Waals surface area contributed by atoms with Gasteiger partial charge in [-0.3, -0.25) is 0 Å². The fourth-order valence-corrected chi connectivity index (χ4v) is 2.45. The van der Waals surface area contributed by atoms with Crippen molar-refractivity contribution in [2.75, 3.05) is 18.1 Å². The number of unbranched alkanes of at least 4 members (excludes halogenated alkanes) is 4. The van der Waals surface area contributed by atoms with Gasteiger partial charge in [-0.1, -0.05) is 13.8 Å². The van der Waals surface area contributed by atoms with E-state index in [0.29, 0.717) is 25.5 Å². The van der Waals surface area contributed by atoms with E-state index in [1.807, 2.05) is 18.8 Å². The summed E-state index contributed by atoms with van der Waals surface area (Å²) in [7, 11) is 0. The second-order valence-corrected chi connectivity index (χ2v) is 6.76. The predicted octanol–water partition coefficient (Wildman–Crippen LogP) is -0.541. The molecule has 0 aromatic carbocycles. The fraction of sp³-hybridized carbons (Fsp3) is 0.857. The normalized spacial score (nSPS) is 10.6. The van der Waals surface area contributed by atoms with E-state index in [1.54, 1.807) is 0 Å². The minimum absolute atomic E-state index is 0.133. The van der Waals surface area contributed by atoms with E-state index in [1.165, 1.54) is 0 Å². The van der Waals surface area contributed by atoms with Gasteiger partial charge in [0.25, 0.3) is 0 Å². The number of amides is 2. The Hall–Kier alpha value is -0.530. The van der Waals surface area contributed by atoms with Gasteiger partial charge in [-0.05, 0) is 5.92 Å². The van der Waals surface area contributed by atoms with Gasteiger partial charge in [0.15, 0.2) is 0 Å². The Kier molecular flexibility index (Phi) is 13.1. The Balaban J connectivity index is 3.24. The van der Waals surface area contributed by atoms with Crippen molar-refractivity contribution in [3.8, 4) is 0 Å². The molecule has 0 atom stereocenters. The molecule has 0 aromatic rings. The maximum absolute atomic E-state index is 11.2. The molecule has 0 aliphatic heterocycles. The molecule has 0 saturated heterocycles. The van der Waals surface area contributed by atoms with Crippen LogP contribution < -0.4 is 30.3 Å². The van der Waals surface area contributed by atoms with Crippen LogP contribution in [0.5, 0.6) is 0 Å². The molecule has 0 aromatic heterocycles. The molecule has 0 unspecified atom stereocenters. The predicted molar refractivity (Wildman–Crippen MR) is 76.0 cm³/mol. The van der Waals surface area contributed by atoms with Crippen molar-refractivity contribution < 1.29 is 35.8 Å². The van der Waals surface area contributed by atoms with Gasteiger partial charge in [-0.2, -0.15) is 0 Å². The maximum atomic E-state index is 11.2. The van der Waals surface area contributed by atoms with Crippen molar-refractivity contribution in [1.29, 1.82) is 0 Å². The van der Waals surface area contributed by atoms with Crippen LogP contribution in [-0.2, 0) is 9.53 Å². The van der Waals surface area contributed by atoms with Crippen LogP contribution in [0.2, 0.25) is 0 Å². The second-order valence-electron chi connectivity index (χ2n) is 5.14. The molecule has 0 rings (SSSR count). The van der Waals surface area contributed by atoms with Crippen molar-refractivity contribution in [3.63, 3.8) is 0 Å². The van der Waals surface area contributed by atoms with Crippen LogP contribution in [0, 0.1) is 5.92 Å². The first-order valence-corrected chi connectivity index (χ1v) is 10.5. The van der Waals surface area contributed by atoms with E-state index in [0.717, 1.165) is 32.1 Å². The van der Waals surface area contributed by atoms with E-state index in [9.17, 15) is 9.59 Å². The fourth-order valence-electron chi connectivity index (χ4n) is 1.58. The summed E-state index contributed by atoms with van der Waals surface area (Å²) >= 11 is -0.133. The average molecular weight is 399 g/mol. The molecule has 0 aliphatic rings. The van der Waals surface area contributed by atoms with Gasteiger partial charge in [-0.25, -0.2) is 0 Å². The molecular formula is C14H28IN2O3-. The van der Waals surface area contributed by atoms with Crippen LogP contribution in [-0.4, -0.2) is 30.1 Å². The molecule has 0 radical (unpaired) electrons. The first-order valence-electron chi connectivity index (χ1n) is 7.24. The van der Waals surface area contributed by atoms with E-state index in [2.05, 4.69) is 8.85 Å². The summed E-state index contributed by atoms with van der Waals surface area (Å²) in [4.78, 5) is 24.5. The minimum atomic E-state index is -0.321. The molecular weight excluding hydrogens is 371 g/mol.